The molecule has 0 bridgehead atoms. The molecule has 0 aliphatic carbocycles. The van der Waals surface area contributed by atoms with Crippen LogP contribution in [0.4, 0.5) is 5.69 Å². The number of anilines is 1. The molecule has 0 fully saturated rings. The number of hydrogen-bond donors (Lipinski definition) is 2. The van der Waals surface area contributed by atoms with Crippen molar-refractivity contribution in [1.29, 1.82) is 0 Å². The van der Waals surface area contributed by atoms with E-state index in [2.05, 4.69) is 0 Å². The fraction of sp³-hybridized carbons (Fsp3) is 0.125. The molecule has 3 aromatic carbocycles. The lowest BCUT2D eigenvalue weighted by Crippen LogP contribution is -2.33. The van der Waals surface area contributed by atoms with Crippen molar-refractivity contribution in [2.45, 2.75) is 19.9 Å². The third-order valence-electron chi connectivity index (χ3n) is 4.88. The monoisotopic (exact) mass is 421 g/mol. The molecule has 0 aliphatic heterocycles. The topological polar surface area (TPSA) is 77.8 Å². The van der Waals surface area contributed by atoms with Gasteiger partial charge in [0.2, 0.25) is 0 Å². The molecule has 0 aliphatic rings. The number of benzene rings is 3. The lowest BCUT2D eigenvalue weighted by Gasteiger charge is -2.31. The molecule has 0 aromatic heterocycles. The van der Waals surface area contributed by atoms with E-state index >= 15 is 0 Å². The van der Waals surface area contributed by atoms with E-state index in [1.54, 1.807) is 31.2 Å². The molecule has 2 atom stereocenters. The fourth-order valence-corrected chi connectivity index (χ4v) is 4.07. The third kappa shape index (κ3) is 4.67. The SMILES string of the molecule is CC=C(C(=O)O)C(c1ccc(-c2ccccc2)cc1)N(c1ccc(C)cc1)S(=O)O. The van der Waals surface area contributed by atoms with Gasteiger partial charge in [-0.3, -0.25) is 8.86 Å². The number of rotatable bonds is 7. The lowest BCUT2D eigenvalue weighted by molar-refractivity contribution is -0.132. The number of carboxylic acids is 1. The molecule has 3 rings (SSSR count). The summed E-state index contributed by atoms with van der Waals surface area (Å²) >= 11 is -2.44. The maximum atomic E-state index is 12.3. The first kappa shape index (κ1) is 21.5. The van der Waals surface area contributed by atoms with E-state index < -0.39 is 23.3 Å². The van der Waals surface area contributed by atoms with Crippen molar-refractivity contribution in [3.8, 4) is 11.1 Å². The molecule has 0 saturated carbocycles. The molecule has 0 heterocycles. The van der Waals surface area contributed by atoms with Crippen molar-refractivity contribution in [2.75, 3.05) is 4.31 Å². The van der Waals surface area contributed by atoms with Crippen LogP contribution in [0.2, 0.25) is 0 Å². The van der Waals surface area contributed by atoms with Crippen LogP contribution in [0, 0.1) is 6.92 Å². The quantitative estimate of drug-likeness (QED) is 0.397. The Morgan fingerprint density at radius 3 is 2.00 bits per heavy atom. The van der Waals surface area contributed by atoms with Crippen LogP contribution in [0.1, 0.15) is 24.1 Å². The molecule has 5 nitrogen and oxygen atoms in total. The minimum Gasteiger partial charge on any atom is -0.478 e. The molecule has 0 saturated heterocycles. The number of hydrogen-bond acceptors (Lipinski definition) is 2. The summed E-state index contributed by atoms with van der Waals surface area (Å²) in [5.74, 6) is -1.14. The van der Waals surface area contributed by atoms with Gasteiger partial charge in [0.25, 0.3) is 11.3 Å². The molecule has 154 valence electrons. The molecule has 3 aromatic rings. The van der Waals surface area contributed by atoms with Crippen LogP contribution in [-0.4, -0.2) is 19.8 Å². The molecule has 6 heteroatoms. The van der Waals surface area contributed by atoms with Gasteiger partial charge in [-0.15, -0.1) is 0 Å². The summed E-state index contributed by atoms with van der Waals surface area (Å²) in [6.07, 6.45) is 1.46. The first-order valence-corrected chi connectivity index (χ1v) is 10.5. The highest BCUT2D eigenvalue weighted by Gasteiger charge is 2.32. The number of carbonyl (C=O) groups is 1. The van der Waals surface area contributed by atoms with Gasteiger partial charge in [-0.2, -0.15) is 0 Å². The molecular formula is C24H23NO4S. The maximum Gasteiger partial charge on any atom is 0.333 e. The molecule has 0 spiro atoms. The number of allylic oxidation sites excluding steroid dienone is 1. The maximum absolute atomic E-state index is 12.3. The van der Waals surface area contributed by atoms with Crippen molar-refractivity contribution < 1.29 is 18.7 Å². The highest BCUT2D eigenvalue weighted by Crippen LogP contribution is 2.35. The fourth-order valence-electron chi connectivity index (χ4n) is 3.35. The van der Waals surface area contributed by atoms with Crippen LogP contribution >= 0.6 is 0 Å². The summed E-state index contributed by atoms with van der Waals surface area (Å²) < 4.78 is 23.7. The van der Waals surface area contributed by atoms with Gasteiger partial charge in [0.05, 0.1) is 11.3 Å². The predicted molar refractivity (Wildman–Crippen MR) is 120 cm³/mol. The Kier molecular flexibility index (Phi) is 6.82. The van der Waals surface area contributed by atoms with Crippen molar-refractivity contribution in [3.63, 3.8) is 0 Å². The van der Waals surface area contributed by atoms with Crippen LogP contribution < -0.4 is 4.31 Å². The second-order valence-electron chi connectivity index (χ2n) is 6.83. The average Bonchev–Trinajstić information content (AvgIpc) is 2.75. The summed E-state index contributed by atoms with van der Waals surface area (Å²) in [5.41, 5.74) is 4.09. The predicted octanol–water partition coefficient (Wildman–Crippen LogP) is 5.38. The van der Waals surface area contributed by atoms with E-state index in [9.17, 15) is 18.7 Å². The van der Waals surface area contributed by atoms with Crippen LogP contribution in [0.25, 0.3) is 11.1 Å². The van der Waals surface area contributed by atoms with E-state index in [0.717, 1.165) is 16.7 Å². The molecule has 2 unspecified atom stereocenters. The first-order chi connectivity index (χ1) is 14.4. The Hall–Kier alpha value is -3.22. The van der Waals surface area contributed by atoms with E-state index in [1.165, 1.54) is 10.4 Å². The van der Waals surface area contributed by atoms with E-state index in [4.69, 9.17) is 0 Å². The zero-order valence-corrected chi connectivity index (χ0v) is 17.5. The molecule has 2 N–H and O–H groups in total. The van der Waals surface area contributed by atoms with Crippen molar-refractivity contribution in [3.05, 3.63) is 102 Å². The summed E-state index contributed by atoms with van der Waals surface area (Å²) in [6.45, 7) is 3.53. The highest BCUT2D eigenvalue weighted by atomic mass is 32.2. The van der Waals surface area contributed by atoms with Gasteiger partial charge in [0.1, 0.15) is 6.04 Å². The summed E-state index contributed by atoms with van der Waals surface area (Å²) in [5, 5.41) is 9.78. The van der Waals surface area contributed by atoms with Crippen LogP contribution in [-0.2, 0) is 16.1 Å². The van der Waals surface area contributed by atoms with Gasteiger partial charge in [0, 0.05) is 0 Å². The van der Waals surface area contributed by atoms with Gasteiger partial charge in [-0.1, -0.05) is 78.4 Å². The summed E-state index contributed by atoms with van der Waals surface area (Å²) in [4.78, 5) is 12.0. The van der Waals surface area contributed by atoms with Crippen molar-refractivity contribution >= 4 is 22.9 Å². The molecular weight excluding hydrogens is 398 g/mol. The Labute approximate surface area is 178 Å². The highest BCUT2D eigenvalue weighted by molar-refractivity contribution is 7.80. The minimum atomic E-state index is -2.44. The van der Waals surface area contributed by atoms with E-state index in [0.29, 0.717) is 11.3 Å². The number of carboxylic acid groups (broad SMARTS) is 1. The largest absolute Gasteiger partial charge is 0.478 e. The van der Waals surface area contributed by atoms with Gasteiger partial charge < -0.3 is 5.11 Å². The number of nitrogens with zero attached hydrogens (tertiary/aromatic N) is 1. The molecule has 0 amide bonds. The van der Waals surface area contributed by atoms with Crippen LogP contribution in [0.3, 0.4) is 0 Å². The second kappa shape index (κ2) is 9.52. The smallest absolute Gasteiger partial charge is 0.333 e. The third-order valence-corrected chi connectivity index (χ3v) is 5.64. The Morgan fingerprint density at radius 1 is 0.933 bits per heavy atom. The lowest BCUT2D eigenvalue weighted by atomic mass is 9.95. The summed E-state index contributed by atoms with van der Waals surface area (Å²) in [7, 11) is 0. The molecule has 0 radical (unpaired) electrons. The van der Waals surface area contributed by atoms with Crippen LogP contribution in [0.15, 0.2) is 90.5 Å². The van der Waals surface area contributed by atoms with Crippen molar-refractivity contribution in [2.24, 2.45) is 0 Å². The van der Waals surface area contributed by atoms with E-state index in [-0.39, 0.29) is 5.57 Å². The second-order valence-corrected chi connectivity index (χ2v) is 7.69. The Morgan fingerprint density at radius 2 is 1.50 bits per heavy atom. The summed E-state index contributed by atoms with van der Waals surface area (Å²) in [6, 6.07) is 23.3. The first-order valence-electron chi connectivity index (χ1n) is 9.44. The van der Waals surface area contributed by atoms with Gasteiger partial charge in [-0.25, -0.2) is 9.00 Å². The van der Waals surface area contributed by atoms with Crippen molar-refractivity contribution in [1.82, 2.24) is 0 Å². The van der Waals surface area contributed by atoms with Gasteiger partial charge in [-0.05, 0) is 42.7 Å². The number of aryl methyl sites for hydroxylation is 1. The minimum absolute atomic E-state index is 0.0189. The Balaban J connectivity index is 2.11. The standard InChI is InChI=1S/C24H23NO4S/c1-3-22(24(26)27)23(25(30(28)29)21-15-9-17(2)10-16-21)20-13-11-19(12-14-20)18-7-5-4-6-8-18/h3-16,23H,1-2H3,(H,26,27)(H,28,29). The zero-order valence-electron chi connectivity index (χ0n) is 16.7. The normalized spacial score (nSPS) is 13.5. The van der Waals surface area contributed by atoms with Crippen LogP contribution in [0.5, 0.6) is 0 Å². The van der Waals surface area contributed by atoms with Gasteiger partial charge in [0.15, 0.2) is 0 Å². The average molecular weight is 422 g/mol. The Bertz CT molecular complexity index is 1060. The zero-order chi connectivity index (χ0) is 21.7. The molecule has 30 heavy (non-hydrogen) atoms. The number of aliphatic carboxylic acids is 1. The van der Waals surface area contributed by atoms with Gasteiger partial charge >= 0.3 is 5.97 Å². The van der Waals surface area contributed by atoms with E-state index in [1.807, 2.05) is 61.5 Å².